The summed E-state index contributed by atoms with van der Waals surface area (Å²) >= 11 is 6.63. The molecule has 0 radical (unpaired) electrons. The second kappa shape index (κ2) is 5.63. The van der Waals surface area contributed by atoms with Crippen LogP contribution in [0.15, 0.2) is 22.1 Å². The number of hydrogen-bond donors (Lipinski definition) is 0. The van der Waals surface area contributed by atoms with Gasteiger partial charge in [0.2, 0.25) is 0 Å². The average molecular weight is 328 g/mol. The molecule has 0 aromatic carbocycles. The molecular formula is C11H10BrN3S2. The van der Waals surface area contributed by atoms with Gasteiger partial charge in [0.05, 0.1) is 6.20 Å². The molecule has 0 bridgehead atoms. The Bertz CT molecular complexity index is 541. The second-order valence-corrected chi connectivity index (χ2v) is 6.44. The Balaban J connectivity index is 1.93. The maximum Gasteiger partial charge on any atom is 0.186 e. The first-order valence-corrected chi connectivity index (χ1v) is 7.48. The molecule has 0 amide bonds. The predicted octanol–water partition coefficient (Wildman–Crippen LogP) is 3.52. The number of thiophene rings is 1. The molecular weight excluding hydrogens is 318 g/mol. The lowest BCUT2D eigenvalue weighted by Crippen LogP contribution is -2.19. The summed E-state index contributed by atoms with van der Waals surface area (Å²) in [5.74, 6) is 0. The van der Waals surface area contributed by atoms with Crippen molar-refractivity contribution in [1.82, 2.24) is 4.98 Å². The fraction of sp³-hybridized carbons (Fsp3) is 0.273. The summed E-state index contributed by atoms with van der Waals surface area (Å²) in [4.78, 5) is 8.31. The lowest BCUT2D eigenvalue weighted by molar-refractivity contribution is 0.881. The third-order valence-electron chi connectivity index (χ3n) is 2.25. The van der Waals surface area contributed by atoms with Crippen LogP contribution in [0.5, 0.6) is 0 Å². The van der Waals surface area contributed by atoms with Crippen molar-refractivity contribution in [2.45, 2.75) is 6.42 Å². The van der Waals surface area contributed by atoms with E-state index in [9.17, 15) is 0 Å². The number of anilines is 1. The highest BCUT2D eigenvalue weighted by Gasteiger charge is 2.07. The molecule has 3 nitrogen and oxygen atoms in total. The Morgan fingerprint density at radius 3 is 3.00 bits per heavy atom. The van der Waals surface area contributed by atoms with E-state index < -0.39 is 0 Å². The van der Waals surface area contributed by atoms with Crippen LogP contribution in [0, 0.1) is 11.3 Å². The first-order chi connectivity index (χ1) is 8.19. The Labute approximate surface area is 116 Å². The average Bonchev–Trinajstić information content (AvgIpc) is 2.94. The fourth-order valence-electron chi connectivity index (χ4n) is 1.35. The van der Waals surface area contributed by atoms with E-state index in [1.807, 2.05) is 7.05 Å². The van der Waals surface area contributed by atoms with Crippen LogP contribution in [-0.4, -0.2) is 18.6 Å². The van der Waals surface area contributed by atoms with Gasteiger partial charge >= 0.3 is 0 Å². The van der Waals surface area contributed by atoms with E-state index in [2.05, 4.69) is 43.3 Å². The molecule has 0 fully saturated rings. The predicted molar refractivity (Wildman–Crippen MR) is 75.8 cm³/mol. The number of hydrogen-bond acceptors (Lipinski definition) is 5. The van der Waals surface area contributed by atoms with Crippen molar-refractivity contribution in [3.05, 3.63) is 31.9 Å². The molecule has 0 N–H and O–H groups in total. The third-order valence-corrected chi connectivity index (χ3v) is 5.02. The molecule has 0 spiro atoms. The Hall–Kier alpha value is -0.900. The van der Waals surface area contributed by atoms with Crippen LogP contribution in [0.4, 0.5) is 5.13 Å². The smallest absolute Gasteiger partial charge is 0.186 e. The first kappa shape index (κ1) is 12.6. The van der Waals surface area contributed by atoms with Crippen LogP contribution in [0.25, 0.3) is 0 Å². The zero-order valence-electron chi connectivity index (χ0n) is 9.18. The van der Waals surface area contributed by atoms with Gasteiger partial charge in [-0.15, -0.1) is 11.3 Å². The summed E-state index contributed by atoms with van der Waals surface area (Å²) in [5.41, 5.74) is 0. The Morgan fingerprint density at radius 1 is 1.59 bits per heavy atom. The molecule has 0 saturated heterocycles. The van der Waals surface area contributed by atoms with Crippen LogP contribution >= 0.6 is 38.6 Å². The third kappa shape index (κ3) is 3.28. The van der Waals surface area contributed by atoms with Gasteiger partial charge in [-0.25, -0.2) is 4.98 Å². The summed E-state index contributed by atoms with van der Waals surface area (Å²) in [7, 11) is 2.00. The Kier molecular flexibility index (Phi) is 4.15. The van der Waals surface area contributed by atoms with E-state index in [0.29, 0.717) is 4.88 Å². The molecule has 0 atom stereocenters. The first-order valence-electron chi connectivity index (χ1n) is 4.99. The maximum absolute atomic E-state index is 8.74. The van der Waals surface area contributed by atoms with Crippen LogP contribution in [0.2, 0.25) is 0 Å². The number of nitriles is 1. The highest BCUT2D eigenvalue weighted by Crippen LogP contribution is 2.23. The van der Waals surface area contributed by atoms with Crippen LogP contribution < -0.4 is 4.90 Å². The molecule has 0 aliphatic rings. The Morgan fingerprint density at radius 2 is 2.41 bits per heavy atom. The molecule has 17 heavy (non-hydrogen) atoms. The van der Waals surface area contributed by atoms with Crippen molar-refractivity contribution in [3.8, 4) is 6.07 Å². The van der Waals surface area contributed by atoms with Crippen molar-refractivity contribution >= 4 is 43.7 Å². The number of thiazole rings is 1. The zero-order valence-corrected chi connectivity index (χ0v) is 12.4. The highest BCUT2D eigenvalue weighted by atomic mass is 79.9. The summed E-state index contributed by atoms with van der Waals surface area (Å²) in [6.45, 7) is 0.908. The summed E-state index contributed by atoms with van der Waals surface area (Å²) in [5, 5.41) is 11.7. The van der Waals surface area contributed by atoms with Gasteiger partial charge in [-0.1, -0.05) is 11.3 Å². The van der Waals surface area contributed by atoms with Crippen molar-refractivity contribution in [3.63, 3.8) is 0 Å². The minimum atomic E-state index is 0.658. The van der Waals surface area contributed by atoms with Gasteiger partial charge in [0.15, 0.2) is 5.13 Å². The standard InChI is InChI=1S/C11H10BrN3S2/c1-15(11-14-6-10(5-13)17-11)3-2-9-4-8(12)7-16-9/h4,6-7H,2-3H2,1H3. The fourth-order valence-corrected chi connectivity index (χ4v) is 3.50. The molecule has 2 heterocycles. The lowest BCUT2D eigenvalue weighted by atomic mass is 10.3. The van der Waals surface area contributed by atoms with Gasteiger partial charge in [-0.3, -0.25) is 0 Å². The van der Waals surface area contributed by atoms with E-state index >= 15 is 0 Å². The minimum Gasteiger partial charge on any atom is -0.351 e. The SMILES string of the molecule is CN(CCc1cc(Br)cs1)c1ncc(C#N)s1. The van der Waals surface area contributed by atoms with E-state index in [4.69, 9.17) is 5.26 Å². The molecule has 88 valence electrons. The molecule has 2 aromatic rings. The largest absolute Gasteiger partial charge is 0.351 e. The van der Waals surface area contributed by atoms with Gasteiger partial charge < -0.3 is 4.90 Å². The number of aromatic nitrogens is 1. The maximum atomic E-state index is 8.74. The van der Waals surface area contributed by atoms with Crippen molar-refractivity contribution < 1.29 is 0 Å². The monoisotopic (exact) mass is 327 g/mol. The summed E-state index contributed by atoms with van der Waals surface area (Å²) in [6, 6.07) is 4.24. The summed E-state index contributed by atoms with van der Waals surface area (Å²) in [6.07, 6.45) is 2.62. The molecule has 2 rings (SSSR count). The van der Waals surface area contributed by atoms with Gasteiger partial charge in [0, 0.05) is 28.3 Å². The topological polar surface area (TPSA) is 39.9 Å². The zero-order chi connectivity index (χ0) is 12.3. The molecule has 0 aliphatic heterocycles. The molecule has 6 heteroatoms. The van der Waals surface area contributed by atoms with Crippen molar-refractivity contribution in [2.75, 3.05) is 18.5 Å². The second-order valence-electron chi connectivity index (χ2n) is 3.52. The van der Waals surface area contributed by atoms with E-state index in [1.165, 1.54) is 16.2 Å². The van der Waals surface area contributed by atoms with Crippen molar-refractivity contribution in [2.24, 2.45) is 0 Å². The molecule has 0 aliphatic carbocycles. The highest BCUT2D eigenvalue weighted by molar-refractivity contribution is 9.10. The van der Waals surface area contributed by atoms with Gasteiger partial charge in [0.25, 0.3) is 0 Å². The quantitative estimate of drug-likeness (QED) is 0.862. The number of likely N-dealkylation sites (N-methyl/N-ethyl adjacent to an activating group) is 1. The number of rotatable bonds is 4. The van der Waals surface area contributed by atoms with E-state index in [-0.39, 0.29) is 0 Å². The van der Waals surface area contributed by atoms with Crippen molar-refractivity contribution in [1.29, 1.82) is 5.26 Å². The normalized spacial score (nSPS) is 10.2. The van der Waals surface area contributed by atoms with E-state index in [0.717, 1.165) is 22.6 Å². The lowest BCUT2D eigenvalue weighted by Gasteiger charge is -2.14. The molecule has 0 saturated carbocycles. The molecule has 0 unspecified atom stereocenters. The molecule has 2 aromatic heterocycles. The van der Waals surface area contributed by atoms with Gasteiger partial charge in [0.1, 0.15) is 10.9 Å². The van der Waals surface area contributed by atoms with Gasteiger partial charge in [-0.2, -0.15) is 5.26 Å². The van der Waals surface area contributed by atoms with E-state index in [1.54, 1.807) is 17.5 Å². The summed E-state index contributed by atoms with van der Waals surface area (Å²) < 4.78 is 1.14. The van der Waals surface area contributed by atoms with Crippen LogP contribution in [0.3, 0.4) is 0 Å². The number of halogens is 1. The van der Waals surface area contributed by atoms with Gasteiger partial charge in [-0.05, 0) is 28.4 Å². The van der Waals surface area contributed by atoms with Crippen LogP contribution in [-0.2, 0) is 6.42 Å². The van der Waals surface area contributed by atoms with Crippen LogP contribution in [0.1, 0.15) is 9.75 Å². The number of nitrogens with zero attached hydrogens (tertiary/aromatic N) is 3. The minimum absolute atomic E-state index is 0.658.